The molecule has 1 aromatic carbocycles. The van der Waals surface area contributed by atoms with Gasteiger partial charge in [-0.1, -0.05) is 18.2 Å². The van der Waals surface area contributed by atoms with Crippen molar-refractivity contribution < 1.29 is 29.3 Å². The van der Waals surface area contributed by atoms with Crippen LogP contribution in [0.2, 0.25) is 0 Å². The SMILES string of the molecule is CC(=O)N(CCCOC(C)C)C1C=C(C(=O)NCCO)C2c3ccccc3OC2C1O. The van der Waals surface area contributed by atoms with E-state index < -0.39 is 24.2 Å². The highest BCUT2D eigenvalue weighted by molar-refractivity contribution is 5.96. The van der Waals surface area contributed by atoms with Gasteiger partial charge >= 0.3 is 0 Å². The molecule has 0 bridgehead atoms. The molecule has 0 saturated heterocycles. The van der Waals surface area contributed by atoms with Crippen LogP contribution in [0.25, 0.3) is 0 Å². The Labute approximate surface area is 182 Å². The Hall–Kier alpha value is -2.42. The van der Waals surface area contributed by atoms with E-state index in [1.54, 1.807) is 11.0 Å². The fourth-order valence-corrected chi connectivity index (χ4v) is 4.26. The molecule has 8 heteroatoms. The minimum Gasteiger partial charge on any atom is -0.486 e. The van der Waals surface area contributed by atoms with Crippen molar-refractivity contribution in [3.05, 3.63) is 41.5 Å². The number of amides is 2. The van der Waals surface area contributed by atoms with Crippen LogP contribution in [0.3, 0.4) is 0 Å². The van der Waals surface area contributed by atoms with E-state index in [1.165, 1.54) is 6.92 Å². The first-order valence-corrected chi connectivity index (χ1v) is 10.8. The number of fused-ring (bicyclic) bond motifs is 3. The summed E-state index contributed by atoms with van der Waals surface area (Å²) in [6, 6.07) is 6.69. The van der Waals surface area contributed by atoms with Gasteiger partial charge < -0.3 is 29.9 Å². The Morgan fingerprint density at radius 3 is 2.71 bits per heavy atom. The minimum absolute atomic E-state index is 0.0962. The maximum atomic E-state index is 12.9. The van der Waals surface area contributed by atoms with E-state index in [0.717, 1.165) is 5.56 Å². The van der Waals surface area contributed by atoms with Gasteiger partial charge in [0.05, 0.1) is 24.7 Å². The first-order valence-electron chi connectivity index (χ1n) is 10.8. The largest absolute Gasteiger partial charge is 0.486 e. The zero-order chi connectivity index (χ0) is 22.5. The molecule has 1 aromatic rings. The predicted octanol–water partition coefficient (Wildman–Crippen LogP) is 0.973. The lowest BCUT2D eigenvalue weighted by Crippen LogP contribution is -2.55. The van der Waals surface area contributed by atoms with Crippen molar-refractivity contribution >= 4 is 11.8 Å². The molecule has 0 aromatic heterocycles. The highest BCUT2D eigenvalue weighted by Gasteiger charge is 2.50. The van der Waals surface area contributed by atoms with Crippen LogP contribution < -0.4 is 10.1 Å². The molecule has 8 nitrogen and oxygen atoms in total. The fourth-order valence-electron chi connectivity index (χ4n) is 4.26. The topological polar surface area (TPSA) is 108 Å². The van der Waals surface area contributed by atoms with Crippen molar-refractivity contribution in [3.8, 4) is 5.75 Å². The number of benzene rings is 1. The van der Waals surface area contributed by atoms with Gasteiger partial charge in [0.1, 0.15) is 18.0 Å². The van der Waals surface area contributed by atoms with E-state index in [1.807, 2.05) is 38.1 Å². The number of hydrogen-bond donors (Lipinski definition) is 3. The zero-order valence-corrected chi connectivity index (χ0v) is 18.3. The molecule has 0 radical (unpaired) electrons. The molecule has 1 aliphatic heterocycles. The summed E-state index contributed by atoms with van der Waals surface area (Å²) in [6.45, 7) is 6.16. The molecular weight excluding hydrogens is 400 g/mol. The first kappa shape index (κ1) is 23.2. The van der Waals surface area contributed by atoms with Gasteiger partial charge in [0.25, 0.3) is 0 Å². The van der Waals surface area contributed by atoms with Gasteiger partial charge in [0, 0.05) is 37.8 Å². The number of aliphatic hydroxyl groups is 2. The normalized spacial score (nSPS) is 24.1. The maximum absolute atomic E-state index is 12.9. The molecule has 3 N–H and O–H groups in total. The second-order valence-corrected chi connectivity index (χ2v) is 8.17. The molecule has 0 saturated carbocycles. The molecule has 1 heterocycles. The highest BCUT2D eigenvalue weighted by Crippen LogP contribution is 2.47. The molecule has 1 aliphatic carbocycles. The van der Waals surface area contributed by atoms with E-state index >= 15 is 0 Å². The summed E-state index contributed by atoms with van der Waals surface area (Å²) in [6.07, 6.45) is 0.696. The number of para-hydroxylation sites is 1. The Morgan fingerprint density at radius 2 is 2.03 bits per heavy atom. The van der Waals surface area contributed by atoms with Crippen molar-refractivity contribution in [3.63, 3.8) is 0 Å². The van der Waals surface area contributed by atoms with Gasteiger partial charge in [-0.25, -0.2) is 0 Å². The standard InChI is InChI=1S/C23H32N2O6/c1-14(2)30-12-6-10-25(15(3)27)18-13-17(23(29)24-9-11-26)20-16-7-4-5-8-19(16)31-22(20)21(18)28/h4-5,7-8,13-14,18,20-22,26,28H,6,9-12H2,1-3H3,(H,24,29). The van der Waals surface area contributed by atoms with Crippen molar-refractivity contribution in [1.29, 1.82) is 0 Å². The molecule has 31 heavy (non-hydrogen) atoms. The van der Waals surface area contributed by atoms with E-state index in [2.05, 4.69) is 5.32 Å². The second-order valence-electron chi connectivity index (χ2n) is 8.17. The molecule has 2 aliphatic rings. The van der Waals surface area contributed by atoms with E-state index in [4.69, 9.17) is 14.6 Å². The number of carbonyl (C=O) groups is 2. The third-order valence-electron chi connectivity index (χ3n) is 5.64. The first-order chi connectivity index (χ1) is 14.8. The summed E-state index contributed by atoms with van der Waals surface area (Å²) in [7, 11) is 0. The van der Waals surface area contributed by atoms with Crippen molar-refractivity contribution in [2.24, 2.45) is 0 Å². The monoisotopic (exact) mass is 432 g/mol. The third-order valence-corrected chi connectivity index (χ3v) is 5.64. The molecule has 170 valence electrons. The van der Waals surface area contributed by atoms with Gasteiger partial charge in [0.15, 0.2) is 0 Å². The lowest BCUT2D eigenvalue weighted by atomic mass is 9.77. The average molecular weight is 433 g/mol. The van der Waals surface area contributed by atoms with Crippen LogP contribution in [-0.2, 0) is 14.3 Å². The summed E-state index contributed by atoms with van der Waals surface area (Å²) < 4.78 is 11.6. The lowest BCUT2D eigenvalue weighted by molar-refractivity contribution is -0.135. The molecule has 0 spiro atoms. The van der Waals surface area contributed by atoms with Gasteiger partial charge in [-0.15, -0.1) is 0 Å². The summed E-state index contributed by atoms with van der Waals surface area (Å²) in [4.78, 5) is 27.0. The fraction of sp³-hybridized carbons (Fsp3) is 0.565. The van der Waals surface area contributed by atoms with Crippen LogP contribution in [0.5, 0.6) is 5.75 Å². The van der Waals surface area contributed by atoms with Gasteiger partial charge in [0.2, 0.25) is 11.8 Å². The number of hydrogen-bond acceptors (Lipinski definition) is 6. The van der Waals surface area contributed by atoms with Crippen LogP contribution in [0, 0.1) is 0 Å². The smallest absolute Gasteiger partial charge is 0.247 e. The summed E-state index contributed by atoms with van der Waals surface area (Å²) in [5, 5.41) is 23.0. The van der Waals surface area contributed by atoms with E-state index in [9.17, 15) is 14.7 Å². The molecule has 4 atom stereocenters. The highest BCUT2D eigenvalue weighted by atomic mass is 16.5. The number of nitrogens with zero attached hydrogens (tertiary/aromatic N) is 1. The number of rotatable bonds is 9. The van der Waals surface area contributed by atoms with E-state index in [-0.39, 0.29) is 31.1 Å². The van der Waals surface area contributed by atoms with Crippen molar-refractivity contribution in [1.82, 2.24) is 10.2 Å². The van der Waals surface area contributed by atoms with Crippen molar-refractivity contribution in [2.45, 2.75) is 57.5 Å². The maximum Gasteiger partial charge on any atom is 0.247 e. The molecule has 0 fully saturated rings. The van der Waals surface area contributed by atoms with Crippen LogP contribution in [0.4, 0.5) is 0 Å². The number of carbonyl (C=O) groups excluding carboxylic acids is 2. The number of aliphatic hydroxyl groups excluding tert-OH is 2. The number of ether oxygens (including phenoxy) is 2. The van der Waals surface area contributed by atoms with Gasteiger partial charge in [-0.2, -0.15) is 0 Å². The van der Waals surface area contributed by atoms with Crippen LogP contribution in [0.15, 0.2) is 35.9 Å². The predicted molar refractivity (Wildman–Crippen MR) is 115 cm³/mol. The summed E-state index contributed by atoms with van der Waals surface area (Å²) >= 11 is 0. The minimum atomic E-state index is -0.998. The van der Waals surface area contributed by atoms with Crippen LogP contribution >= 0.6 is 0 Å². The Morgan fingerprint density at radius 1 is 1.29 bits per heavy atom. The third kappa shape index (κ3) is 5.08. The summed E-state index contributed by atoms with van der Waals surface area (Å²) in [5.41, 5.74) is 1.26. The Kier molecular flexibility index (Phi) is 7.69. The quantitative estimate of drug-likeness (QED) is 0.502. The van der Waals surface area contributed by atoms with Crippen LogP contribution in [0.1, 0.15) is 38.7 Å². The van der Waals surface area contributed by atoms with Crippen molar-refractivity contribution in [2.75, 3.05) is 26.3 Å². The van der Waals surface area contributed by atoms with Gasteiger partial charge in [-0.3, -0.25) is 9.59 Å². The molecule has 2 amide bonds. The van der Waals surface area contributed by atoms with Gasteiger partial charge in [-0.05, 0) is 32.4 Å². The Bertz CT molecular complexity index is 824. The van der Waals surface area contributed by atoms with E-state index in [0.29, 0.717) is 30.9 Å². The lowest BCUT2D eigenvalue weighted by Gasteiger charge is -2.40. The zero-order valence-electron chi connectivity index (χ0n) is 18.3. The Balaban J connectivity index is 1.91. The second kappa shape index (κ2) is 10.3. The molecule has 4 unspecified atom stereocenters. The summed E-state index contributed by atoms with van der Waals surface area (Å²) in [5.74, 6) is -0.362. The molecule has 3 rings (SSSR count). The van der Waals surface area contributed by atoms with Crippen LogP contribution in [-0.4, -0.2) is 77.6 Å². The average Bonchev–Trinajstić information content (AvgIpc) is 3.12. The molecular formula is C23H32N2O6. The number of nitrogens with one attached hydrogen (secondary N) is 1.